The Morgan fingerprint density at radius 1 is 1.64 bits per heavy atom. The molecule has 1 aliphatic rings. The minimum atomic E-state index is 0.265. The summed E-state index contributed by atoms with van der Waals surface area (Å²) >= 11 is 0. The van der Waals surface area contributed by atoms with Crippen LogP contribution in [0.2, 0.25) is 0 Å². The maximum absolute atomic E-state index is 10.7. The third-order valence-electron chi connectivity index (χ3n) is 2.31. The fourth-order valence-electron chi connectivity index (χ4n) is 1.50. The van der Waals surface area contributed by atoms with Gasteiger partial charge in [-0.1, -0.05) is 6.92 Å². The number of rotatable bonds is 4. The molecule has 1 fully saturated rings. The van der Waals surface area contributed by atoms with E-state index in [-0.39, 0.29) is 5.78 Å². The van der Waals surface area contributed by atoms with Crippen LogP contribution >= 0.6 is 0 Å². The van der Waals surface area contributed by atoms with Gasteiger partial charge in [-0.2, -0.15) is 0 Å². The minimum Gasteiger partial charge on any atom is -0.299 e. The van der Waals surface area contributed by atoms with Crippen molar-refractivity contribution in [2.75, 3.05) is 20.1 Å². The summed E-state index contributed by atoms with van der Waals surface area (Å²) in [5, 5.41) is 0. The Labute approximate surface area is 68.6 Å². The van der Waals surface area contributed by atoms with Crippen LogP contribution in [-0.2, 0) is 4.79 Å². The van der Waals surface area contributed by atoms with Crippen LogP contribution in [0.4, 0.5) is 0 Å². The van der Waals surface area contributed by atoms with E-state index in [0.717, 1.165) is 18.4 Å². The second-order valence-corrected chi connectivity index (χ2v) is 3.87. The third kappa shape index (κ3) is 3.02. The van der Waals surface area contributed by atoms with Crippen molar-refractivity contribution < 1.29 is 4.79 Å². The maximum Gasteiger partial charge on any atom is 0.143 e. The Morgan fingerprint density at radius 3 is 2.55 bits per heavy atom. The first kappa shape index (κ1) is 8.72. The summed E-state index contributed by atoms with van der Waals surface area (Å²) in [5.41, 5.74) is 0. The monoisotopic (exact) mass is 155 g/mol. The average Bonchev–Trinajstić information content (AvgIpc) is 2.43. The number of carbonyl (C=O) groups excluding carboxylic acids is 1. The fourth-order valence-corrected chi connectivity index (χ4v) is 1.50. The molecule has 0 radical (unpaired) electrons. The number of likely N-dealkylation sites (N-methyl/N-ethyl adjacent to an activating group) is 1. The standard InChI is InChI=1S/C9H17NO/c1-7-4-9(7)6-10(3)5-8(2)11/h7,9H,4-6H2,1-3H3. The zero-order valence-corrected chi connectivity index (χ0v) is 7.63. The van der Waals surface area contributed by atoms with Gasteiger partial charge in [-0.3, -0.25) is 9.69 Å². The van der Waals surface area contributed by atoms with Crippen molar-refractivity contribution in [1.82, 2.24) is 4.90 Å². The van der Waals surface area contributed by atoms with Gasteiger partial charge in [0.1, 0.15) is 5.78 Å². The molecule has 2 atom stereocenters. The summed E-state index contributed by atoms with van der Waals surface area (Å²) in [7, 11) is 2.02. The molecule has 11 heavy (non-hydrogen) atoms. The Kier molecular flexibility index (Phi) is 2.66. The SMILES string of the molecule is CC(=O)CN(C)CC1CC1C. The average molecular weight is 155 g/mol. The van der Waals surface area contributed by atoms with E-state index < -0.39 is 0 Å². The number of Topliss-reactive ketones (excluding diaryl/α,β-unsaturated/α-hetero) is 1. The van der Waals surface area contributed by atoms with E-state index in [2.05, 4.69) is 11.8 Å². The quantitative estimate of drug-likeness (QED) is 0.607. The van der Waals surface area contributed by atoms with Crippen LogP contribution in [0.5, 0.6) is 0 Å². The van der Waals surface area contributed by atoms with Gasteiger partial charge in [0.15, 0.2) is 0 Å². The highest BCUT2D eigenvalue weighted by atomic mass is 16.1. The third-order valence-corrected chi connectivity index (χ3v) is 2.31. The number of carbonyl (C=O) groups is 1. The van der Waals surface area contributed by atoms with Crippen molar-refractivity contribution in [2.45, 2.75) is 20.3 Å². The molecule has 1 rings (SSSR count). The predicted octanol–water partition coefficient (Wildman–Crippen LogP) is 1.16. The summed E-state index contributed by atoms with van der Waals surface area (Å²) < 4.78 is 0. The lowest BCUT2D eigenvalue weighted by Crippen LogP contribution is -2.26. The molecule has 1 saturated carbocycles. The van der Waals surface area contributed by atoms with Crippen molar-refractivity contribution >= 4 is 5.78 Å². The zero-order valence-electron chi connectivity index (χ0n) is 7.63. The molecule has 0 aromatic heterocycles. The van der Waals surface area contributed by atoms with E-state index in [0.29, 0.717) is 6.54 Å². The second-order valence-electron chi connectivity index (χ2n) is 3.87. The van der Waals surface area contributed by atoms with Crippen LogP contribution in [0.3, 0.4) is 0 Å². The Hall–Kier alpha value is -0.370. The molecule has 0 saturated heterocycles. The van der Waals surface area contributed by atoms with Crippen molar-refractivity contribution in [3.63, 3.8) is 0 Å². The lowest BCUT2D eigenvalue weighted by Gasteiger charge is -2.13. The number of ketones is 1. The second kappa shape index (κ2) is 3.35. The van der Waals surface area contributed by atoms with Gasteiger partial charge in [-0.25, -0.2) is 0 Å². The van der Waals surface area contributed by atoms with E-state index >= 15 is 0 Å². The van der Waals surface area contributed by atoms with Gasteiger partial charge in [0, 0.05) is 6.54 Å². The molecule has 0 aliphatic heterocycles. The molecule has 1 aliphatic carbocycles. The summed E-state index contributed by atoms with van der Waals surface area (Å²) in [6, 6.07) is 0. The lowest BCUT2D eigenvalue weighted by atomic mass is 10.3. The molecular weight excluding hydrogens is 138 g/mol. The first-order valence-electron chi connectivity index (χ1n) is 4.27. The van der Waals surface area contributed by atoms with Crippen LogP contribution in [0.15, 0.2) is 0 Å². The predicted molar refractivity (Wildman–Crippen MR) is 45.4 cm³/mol. The molecular formula is C9H17NO. The highest BCUT2D eigenvalue weighted by Gasteiger charge is 2.33. The van der Waals surface area contributed by atoms with Gasteiger partial charge in [0.25, 0.3) is 0 Å². The molecule has 0 spiro atoms. The molecule has 2 heteroatoms. The summed E-state index contributed by atoms with van der Waals surface area (Å²) in [6.07, 6.45) is 1.35. The minimum absolute atomic E-state index is 0.265. The van der Waals surface area contributed by atoms with E-state index in [1.54, 1.807) is 6.92 Å². The van der Waals surface area contributed by atoms with Gasteiger partial charge < -0.3 is 0 Å². The van der Waals surface area contributed by atoms with Crippen molar-refractivity contribution in [3.05, 3.63) is 0 Å². The lowest BCUT2D eigenvalue weighted by molar-refractivity contribution is -0.117. The Balaban J connectivity index is 2.11. The van der Waals surface area contributed by atoms with Crippen molar-refractivity contribution in [1.29, 1.82) is 0 Å². The Morgan fingerprint density at radius 2 is 2.18 bits per heavy atom. The highest BCUT2D eigenvalue weighted by molar-refractivity contribution is 5.77. The summed E-state index contributed by atoms with van der Waals surface area (Å²) in [4.78, 5) is 12.8. The van der Waals surface area contributed by atoms with Crippen LogP contribution in [0.25, 0.3) is 0 Å². The van der Waals surface area contributed by atoms with Crippen molar-refractivity contribution in [2.24, 2.45) is 11.8 Å². The van der Waals surface area contributed by atoms with E-state index in [4.69, 9.17) is 0 Å². The molecule has 0 heterocycles. The molecule has 2 unspecified atom stereocenters. The number of hydrogen-bond acceptors (Lipinski definition) is 2. The molecule has 0 aromatic rings. The van der Waals surface area contributed by atoms with Crippen LogP contribution in [-0.4, -0.2) is 30.8 Å². The van der Waals surface area contributed by atoms with Gasteiger partial charge in [-0.05, 0) is 32.2 Å². The van der Waals surface area contributed by atoms with E-state index in [1.807, 2.05) is 7.05 Å². The number of nitrogens with zero attached hydrogens (tertiary/aromatic N) is 1. The normalized spacial score (nSPS) is 29.1. The van der Waals surface area contributed by atoms with Crippen LogP contribution < -0.4 is 0 Å². The molecule has 64 valence electrons. The van der Waals surface area contributed by atoms with Gasteiger partial charge in [0.2, 0.25) is 0 Å². The first-order chi connectivity index (χ1) is 5.09. The van der Waals surface area contributed by atoms with Gasteiger partial charge in [0.05, 0.1) is 6.54 Å². The number of hydrogen-bond donors (Lipinski definition) is 0. The van der Waals surface area contributed by atoms with Crippen molar-refractivity contribution in [3.8, 4) is 0 Å². The first-order valence-corrected chi connectivity index (χ1v) is 4.27. The topological polar surface area (TPSA) is 20.3 Å². The van der Waals surface area contributed by atoms with E-state index in [1.165, 1.54) is 6.42 Å². The fraction of sp³-hybridized carbons (Fsp3) is 0.889. The molecule has 0 bridgehead atoms. The van der Waals surface area contributed by atoms with E-state index in [9.17, 15) is 4.79 Å². The molecule has 0 amide bonds. The van der Waals surface area contributed by atoms with Crippen LogP contribution in [0.1, 0.15) is 20.3 Å². The summed E-state index contributed by atoms with van der Waals surface area (Å²) in [5.74, 6) is 2.02. The molecule has 2 nitrogen and oxygen atoms in total. The van der Waals surface area contributed by atoms with Gasteiger partial charge in [-0.15, -0.1) is 0 Å². The van der Waals surface area contributed by atoms with Crippen LogP contribution in [0, 0.1) is 11.8 Å². The smallest absolute Gasteiger partial charge is 0.143 e. The van der Waals surface area contributed by atoms with Gasteiger partial charge >= 0.3 is 0 Å². The largest absolute Gasteiger partial charge is 0.299 e. The highest BCUT2D eigenvalue weighted by Crippen LogP contribution is 2.37. The maximum atomic E-state index is 10.7. The summed E-state index contributed by atoms with van der Waals surface area (Å²) in [6.45, 7) is 5.63. The zero-order chi connectivity index (χ0) is 8.43. The molecule has 0 aromatic carbocycles. The molecule has 0 N–H and O–H groups in total. The Bertz CT molecular complexity index is 156.